The number of pyridine rings is 1. The first-order valence-corrected chi connectivity index (χ1v) is 5.16. The van der Waals surface area contributed by atoms with E-state index in [0.717, 1.165) is 0 Å². The number of hydrogen-bond acceptors (Lipinski definition) is 5. The van der Waals surface area contributed by atoms with Gasteiger partial charge in [0.2, 0.25) is 6.33 Å². The van der Waals surface area contributed by atoms with E-state index in [4.69, 9.17) is 23.2 Å². The van der Waals surface area contributed by atoms with Crippen LogP contribution in [0.3, 0.4) is 0 Å². The highest BCUT2D eigenvalue weighted by Crippen LogP contribution is 2.17. The van der Waals surface area contributed by atoms with Crippen molar-refractivity contribution in [3.63, 3.8) is 0 Å². The van der Waals surface area contributed by atoms with Gasteiger partial charge in [0.25, 0.3) is 0 Å². The van der Waals surface area contributed by atoms with Crippen molar-refractivity contribution in [1.82, 2.24) is 19.7 Å². The summed E-state index contributed by atoms with van der Waals surface area (Å²) in [6, 6.07) is 3.15. The van der Waals surface area contributed by atoms with Gasteiger partial charge in [0.05, 0.1) is 10.7 Å². The Morgan fingerprint density at radius 3 is 2.82 bits per heavy atom. The largest absolute Gasteiger partial charge is 0.490 e. The SMILES string of the molecule is O=[N+]([O-])c1ncn(Cc2nc(Cl)ccc2Cl)n1. The maximum atomic E-state index is 10.4. The third-order valence-electron chi connectivity index (χ3n) is 1.88. The van der Waals surface area contributed by atoms with Crippen molar-refractivity contribution in [2.24, 2.45) is 0 Å². The second-order valence-corrected chi connectivity index (χ2v) is 3.86. The van der Waals surface area contributed by atoms with Gasteiger partial charge in [-0.3, -0.25) is 0 Å². The molecule has 0 bridgehead atoms. The smallest absolute Gasteiger partial charge is 0.390 e. The van der Waals surface area contributed by atoms with Crippen LogP contribution in [0.15, 0.2) is 18.5 Å². The molecule has 0 unspecified atom stereocenters. The molecule has 88 valence electrons. The van der Waals surface area contributed by atoms with Crippen molar-refractivity contribution < 1.29 is 4.92 Å². The van der Waals surface area contributed by atoms with Gasteiger partial charge in [-0.2, -0.15) is 4.68 Å². The summed E-state index contributed by atoms with van der Waals surface area (Å²) in [4.78, 5) is 17.2. The van der Waals surface area contributed by atoms with Gasteiger partial charge in [0.15, 0.2) is 0 Å². The molecule has 0 spiro atoms. The summed E-state index contributed by atoms with van der Waals surface area (Å²) in [5.41, 5.74) is 0.471. The fourth-order valence-electron chi connectivity index (χ4n) is 1.17. The minimum absolute atomic E-state index is 0.167. The van der Waals surface area contributed by atoms with Crippen molar-refractivity contribution in [1.29, 1.82) is 0 Å². The fraction of sp³-hybridized carbons (Fsp3) is 0.125. The highest BCUT2D eigenvalue weighted by molar-refractivity contribution is 6.32. The molecule has 0 aliphatic carbocycles. The van der Waals surface area contributed by atoms with E-state index in [0.29, 0.717) is 15.9 Å². The van der Waals surface area contributed by atoms with E-state index in [-0.39, 0.29) is 6.54 Å². The Morgan fingerprint density at radius 2 is 2.18 bits per heavy atom. The van der Waals surface area contributed by atoms with Gasteiger partial charge in [-0.25, -0.2) is 4.98 Å². The zero-order valence-electron chi connectivity index (χ0n) is 8.25. The number of nitrogens with zero attached hydrogens (tertiary/aromatic N) is 5. The Morgan fingerprint density at radius 1 is 1.41 bits per heavy atom. The molecule has 17 heavy (non-hydrogen) atoms. The Bertz CT molecular complexity index is 571. The van der Waals surface area contributed by atoms with Crippen molar-refractivity contribution in [2.45, 2.75) is 6.54 Å². The molecule has 0 fully saturated rings. The number of halogens is 2. The van der Waals surface area contributed by atoms with E-state index in [9.17, 15) is 10.1 Å². The minimum atomic E-state index is -0.677. The predicted molar refractivity (Wildman–Crippen MR) is 60.0 cm³/mol. The molecular formula is C8H5Cl2N5O2. The van der Waals surface area contributed by atoms with Crippen LogP contribution in [0.4, 0.5) is 5.95 Å². The van der Waals surface area contributed by atoms with E-state index in [1.165, 1.54) is 11.0 Å². The third-order valence-corrected chi connectivity index (χ3v) is 2.44. The van der Waals surface area contributed by atoms with E-state index >= 15 is 0 Å². The van der Waals surface area contributed by atoms with Crippen LogP contribution in [0.5, 0.6) is 0 Å². The van der Waals surface area contributed by atoms with Crippen LogP contribution in [0.2, 0.25) is 10.2 Å². The normalized spacial score (nSPS) is 10.5. The molecule has 9 heteroatoms. The van der Waals surface area contributed by atoms with Crippen molar-refractivity contribution in [3.8, 4) is 0 Å². The number of nitro groups is 1. The van der Waals surface area contributed by atoms with Gasteiger partial charge >= 0.3 is 5.95 Å². The summed E-state index contributed by atoms with van der Waals surface area (Å²) in [6.07, 6.45) is 1.23. The quantitative estimate of drug-likeness (QED) is 0.485. The van der Waals surface area contributed by atoms with Gasteiger partial charge < -0.3 is 10.1 Å². The lowest BCUT2D eigenvalue weighted by molar-refractivity contribution is -0.394. The average molecular weight is 274 g/mol. The van der Waals surface area contributed by atoms with Gasteiger partial charge in [-0.15, -0.1) is 0 Å². The Balaban J connectivity index is 2.25. The third kappa shape index (κ3) is 2.69. The topological polar surface area (TPSA) is 86.7 Å². The lowest BCUT2D eigenvalue weighted by Gasteiger charge is -2.00. The first-order chi connectivity index (χ1) is 8.06. The molecular weight excluding hydrogens is 269 g/mol. The number of rotatable bonds is 3. The summed E-state index contributed by atoms with van der Waals surface area (Å²) in [6.45, 7) is 0.167. The molecule has 0 N–H and O–H groups in total. The van der Waals surface area contributed by atoms with Crippen molar-refractivity contribution >= 4 is 29.2 Å². The first-order valence-electron chi connectivity index (χ1n) is 4.41. The van der Waals surface area contributed by atoms with Crippen LogP contribution in [0, 0.1) is 10.1 Å². The second kappa shape index (κ2) is 4.64. The van der Waals surface area contributed by atoms with E-state index < -0.39 is 10.9 Å². The van der Waals surface area contributed by atoms with Gasteiger partial charge in [0.1, 0.15) is 11.7 Å². The molecule has 2 aromatic rings. The van der Waals surface area contributed by atoms with Crippen LogP contribution >= 0.6 is 23.2 Å². The molecule has 2 rings (SSSR count). The standard InChI is InChI=1S/C8H5Cl2N5O2/c9-5-1-2-7(10)12-6(5)3-14-4-11-8(13-14)15(16)17/h1-2,4H,3H2. The van der Waals surface area contributed by atoms with Crippen LogP contribution < -0.4 is 0 Å². The lowest BCUT2D eigenvalue weighted by atomic mass is 10.3. The summed E-state index contributed by atoms with van der Waals surface area (Å²) < 4.78 is 1.27. The van der Waals surface area contributed by atoms with Crippen LogP contribution in [0.25, 0.3) is 0 Å². The summed E-state index contributed by atoms with van der Waals surface area (Å²) in [5, 5.41) is 14.7. The van der Waals surface area contributed by atoms with Crippen molar-refractivity contribution in [2.75, 3.05) is 0 Å². The average Bonchev–Trinajstić information content (AvgIpc) is 2.72. The lowest BCUT2D eigenvalue weighted by Crippen LogP contribution is -2.04. The fourth-order valence-corrected chi connectivity index (χ4v) is 1.50. The first kappa shape index (κ1) is 11.7. The van der Waals surface area contributed by atoms with E-state index in [1.807, 2.05) is 0 Å². The maximum Gasteiger partial charge on any atom is 0.490 e. The number of aromatic nitrogens is 4. The molecule has 0 amide bonds. The Kier molecular flexibility index (Phi) is 3.21. The molecule has 0 aliphatic rings. The Labute approximate surface area is 105 Å². The zero-order chi connectivity index (χ0) is 12.4. The summed E-state index contributed by atoms with van der Waals surface area (Å²) in [7, 11) is 0. The molecule has 2 aromatic heterocycles. The number of hydrogen-bond donors (Lipinski definition) is 0. The molecule has 0 saturated heterocycles. The second-order valence-electron chi connectivity index (χ2n) is 3.06. The highest BCUT2D eigenvalue weighted by Gasteiger charge is 2.14. The molecule has 0 saturated carbocycles. The van der Waals surface area contributed by atoms with Crippen molar-refractivity contribution in [3.05, 3.63) is 44.4 Å². The van der Waals surface area contributed by atoms with Gasteiger partial charge in [-0.1, -0.05) is 28.2 Å². The predicted octanol–water partition coefficient (Wildman–Crippen LogP) is 1.94. The van der Waals surface area contributed by atoms with Crippen LogP contribution in [-0.4, -0.2) is 24.7 Å². The maximum absolute atomic E-state index is 10.4. The zero-order valence-corrected chi connectivity index (χ0v) is 9.76. The minimum Gasteiger partial charge on any atom is -0.390 e. The molecule has 0 radical (unpaired) electrons. The van der Waals surface area contributed by atoms with Gasteiger partial charge in [0, 0.05) is 5.10 Å². The molecule has 0 aliphatic heterocycles. The summed E-state index contributed by atoms with van der Waals surface area (Å²) in [5.74, 6) is -0.469. The highest BCUT2D eigenvalue weighted by atomic mass is 35.5. The molecule has 0 aromatic carbocycles. The van der Waals surface area contributed by atoms with Crippen LogP contribution in [-0.2, 0) is 6.54 Å². The van der Waals surface area contributed by atoms with E-state index in [2.05, 4.69) is 15.1 Å². The molecule has 2 heterocycles. The Hall–Kier alpha value is -1.73. The molecule has 7 nitrogen and oxygen atoms in total. The summed E-state index contributed by atoms with van der Waals surface area (Å²) >= 11 is 11.6. The van der Waals surface area contributed by atoms with E-state index in [1.54, 1.807) is 12.1 Å². The molecule has 0 atom stereocenters. The monoisotopic (exact) mass is 273 g/mol. The van der Waals surface area contributed by atoms with Crippen LogP contribution in [0.1, 0.15) is 5.69 Å². The van der Waals surface area contributed by atoms with Gasteiger partial charge in [-0.05, 0) is 17.1 Å².